The number of hydrogen-bond donors (Lipinski definition) is 1. The van der Waals surface area contributed by atoms with Gasteiger partial charge in [-0.1, -0.05) is 11.6 Å². The van der Waals surface area contributed by atoms with Gasteiger partial charge < -0.3 is 14.5 Å². The molecule has 0 fully saturated rings. The van der Waals surface area contributed by atoms with E-state index >= 15 is 0 Å². The zero-order valence-corrected chi connectivity index (χ0v) is 16.1. The number of carbonyl (C=O) groups is 2. The first-order valence-corrected chi connectivity index (χ1v) is 8.86. The van der Waals surface area contributed by atoms with Gasteiger partial charge in [0.15, 0.2) is 5.58 Å². The molecule has 7 nitrogen and oxygen atoms in total. The second kappa shape index (κ2) is 8.23. The van der Waals surface area contributed by atoms with Crippen LogP contribution in [0, 0.1) is 0 Å². The second-order valence-corrected chi connectivity index (χ2v) is 6.62. The number of anilines is 1. The lowest BCUT2D eigenvalue weighted by molar-refractivity contribution is -0.137. The van der Waals surface area contributed by atoms with Crippen LogP contribution in [0.4, 0.5) is 18.9 Å². The van der Waals surface area contributed by atoms with E-state index in [4.69, 9.17) is 16.0 Å². The van der Waals surface area contributed by atoms with Crippen molar-refractivity contribution in [3.8, 4) is 0 Å². The highest BCUT2D eigenvalue weighted by Gasteiger charge is 2.32. The molecule has 3 rings (SSSR count). The molecule has 30 heavy (non-hydrogen) atoms. The number of aromatic nitrogens is 1. The number of rotatable bonds is 5. The molecule has 0 unspecified atom stereocenters. The van der Waals surface area contributed by atoms with Crippen LogP contribution in [0.1, 0.15) is 22.3 Å². The molecular formula is C19H14ClF3N2O5. The maximum atomic E-state index is 13.0. The maximum absolute atomic E-state index is 13.0. The fraction of sp³-hybridized carbons (Fsp3) is 0.211. The molecule has 3 aromatic rings. The van der Waals surface area contributed by atoms with Crippen molar-refractivity contribution < 1.29 is 31.9 Å². The third-order valence-corrected chi connectivity index (χ3v) is 4.45. The largest absolute Gasteiger partial charge is 0.465 e. The number of esters is 1. The molecule has 0 saturated carbocycles. The Bertz CT molecular complexity index is 1180. The molecular weight excluding hydrogens is 429 g/mol. The summed E-state index contributed by atoms with van der Waals surface area (Å²) in [6, 6.07) is 6.81. The number of fused-ring (bicyclic) bond motifs is 1. The third kappa shape index (κ3) is 4.48. The minimum absolute atomic E-state index is 0.105. The number of hydrogen-bond acceptors (Lipinski definition) is 5. The van der Waals surface area contributed by atoms with Gasteiger partial charge in [-0.15, -0.1) is 0 Å². The van der Waals surface area contributed by atoms with E-state index in [1.165, 1.54) is 10.6 Å². The molecule has 158 valence electrons. The van der Waals surface area contributed by atoms with E-state index in [9.17, 15) is 27.6 Å². The van der Waals surface area contributed by atoms with Crippen LogP contribution in [-0.4, -0.2) is 23.6 Å². The number of nitrogens with one attached hydrogen (secondary N) is 1. The number of aryl methyl sites for hydroxylation is 1. The zero-order chi connectivity index (χ0) is 22.1. The smallest absolute Gasteiger partial charge is 0.419 e. The van der Waals surface area contributed by atoms with Crippen molar-refractivity contribution >= 4 is 40.3 Å². The lowest BCUT2D eigenvalue weighted by atomic mass is 10.1. The van der Waals surface area contributed by atoms with Crippen LogP contribution in [0.3, 0.4) is 0 Å². The van der Waals surface area contributed by atoms with Crippen LogP contribution in [0.15, 0.2) is 45.6 Å². The average molecular weight is 443 g/mol. The van der Waals surface area contributed by atoms with E-state index in [1.54, 1.807) is 12.1 Å². The summed E-state index contributed by atoms with van der Waals surface area (Å²) in [6.45, 7) is -0.105. The predicted octanol–water partition coefficient (Wildman–Crippen LogP) is 4.08. The fourth-order valence-electron chi connectivity index (χ4n) is 2.79. The molecule has 0 atom stereocenters. The van der Waals surface area contributed by atoms with Crippen LogP contribution in [0.25, 0.3) is 11.1 Å². The molecule has 0 radical (unpaired) electrons. The monoisotopic (exact) mass is 442 g/mol. The molecule has 2 aromatic carbocycles. The van der Waals surface area contributed by atoms with Crippen molar-refractivity contribution in [2.75, 3.05) is 12.4 Å². The molecule has 11 heteroatoms. The summed E-state index contributed by atoms with van der Waals surface area (Å²) in [7, 11) is 1.06. The normalized spacial score (nSPS) is 11.5. The number of alkyl halides is 3. The Morgan fingerprint density at radius 3 is 2.60 bits per heavy atom. The number of carbonyl (C=O) groups excluding carboxylic acids is 2. The van der Waals surface area contributed by atoms with Crippen LogP contribution in [-0.2, 0) is 22.3 Å². The lowest BCUT2D eigenvalue weighted by Crippen LogP contribution is -2.21. The molecule has 1 aromatic heterocycles. The minimum atomic E-state index is -4.67. The average Bonchev–Trinajstić information content (AvgIpc) is 2.99. The van der Waals surface area contributed by atoms with Crippen molar-refractivity contribution in [3.05, 3.63) is 63.1 Å². The van der Waals surface area contributed by atoms with Crippen LogP contribution < -0.4 is 11.1 Å². The maximum Gasteiger partial charge on any atom is 0.419 e. The molecule has 0 saturated heterocycles. The number of nitrogens with zero attached hydrogens (tertiary/aromatic N) is 1. The van der Waals surface area contributed by atoms with Crippen LogP contribution in [0.5, 0.6) is 0 Å². The molecule has 0 aliphatic carbocycles. The Kier molecular flexibility index (Phi) is 5.88. The summed E-state index contributed by atoms with van der Waals surface area (Å²) in [5.41, 5.74) is -0.984. The summed E-state index contributed by atoms with van der Waals surface area (Å²) in [5.74, 6) is -2.34. The van der Waals surface area contributed by atoms with Gasteiger partial charge in [0.2, 0.25) is 5.91 Å². The predicted molar refractivity (Wildman–Crippen MR) is 102 cm³/mol. The van der Waals surface area contributed by atoms with Gasteiger partial charge in [-0.25, -0.2) is 9.59 Å². The molecule has 1 amide bonds. The minimum Gasteiger partial charge on any atom is -0.465 e. The van der Waals surface area contributed by atoms with E-state index in [2.05, 4.69) is 10.1 Å². The quantitative estimate of drug-likeness (QED) is 0.601. The Balaban J connectivity index is 1.82. The van der Waals surface area contributed by atoms with Crippen molar-refractivity contribution in [2.24, 2.45) is 0 Å². The van der Waals surface area contributed by atoms with Crippen molar-refractivity contribution in [1.82, 2.24) is 4.57 Å². The first kappa shape index (κ1) is 21.4. The van der Waals surface area contributed by atoms with Crippen molar-refractivity contribution in [2.45, 2.75) is 19.1 Å². The van der Waals surface area contributed by atoms with Gasteiger partial charge >= 0.3 is 17.9 Å². The van der Waals surface area contributed by atoms with Crippen molar-refractivity contribution in [3.63, 3.8) is 0 Å². The van der Waals surface area contributed by atoms with E-state index in [0.717, 1.165) is 13.2 Å². The Morgan fingerprint density at radius 1 is 1.20 bits per heavy atom. The van der Waals surface area contributed by atoms with Gasteiger partial charge in [-0.05, 0) is 30.3 Å². The number of ether oxygens (including phenoxy) is 1. The van der Waals surface area contributed by atoms with E-state index in [0.29, 0.717) is 22.7 Å². The Labute approximate surface area is 172 Å². The van der Waals surface area contributed by atoms with E-state index in [1.807, 2.05) is 0 Å². The first-order chi connectivity index (χ1) is 14.1. The van der Waals surface area contributed by atoms with Gasteiger partial charge in [0.1, 0.15) is 0 Å². The molecule has 0 bridgehead atoms. The standard InChI is InChI=1S/C19H14ClF3N2O5/c1-29-17(27)12-4-2-10(19(21,22)23)8-13(12)24-16(26)6-7-25-14-5-3-11(20)9-15(14)30-18(25)28/h2-5,8-9H,6-7H2,1H3,(H,24,26). The molecule has 1 heterocycles. The van der Waals surface area contributed by atoms with Gasteiger partial charge in [-0.3, -0.25) is 9.36 Å². The number of amides is 1. The van der Waals surface area contributed by atoms with E-state index in [-0.39, 0.29) is 29.8 Å². The topological polar surface area (TPSA) is 90.5 Å². The van der Waals surface area contributed by atoms with Gasteiger partial charge in [-0.2, -0.15) is 13.2 Å². The summed E-state index contributed by atoms with van der Waals surface area (Å²) >= 11 is 5.84. The number of methoxy groups -OCH3 is 1. The van der Waals surface area contributed by atoms with Crippen LogP contribution in [0.2, 0.25) is 5.02 Å². The Morgan fingerprint density at radius 2 is 1.93 bits per heavy atom. The fourth-order valence-corrected chi connectivity index (χ4v) is 2.95. The van der Waals surface area contributed by atoms with Gasteiger partial charge in [0.05, 0.1) is 29.4 Å². The summed E-state index contributed by atoms with van der Waals surface area (Å²) in [4.78, 5) is 36.1. The van der Waals surface area contributed by atoms with Gasteiger partial charge in [0.25, 0.3) is 0 Å². The highest BCUT2D eigenvalue weighted by molar-refractivity contribution is 6.31. The number of halogens is 4. The van der Waals surface area contributed by atoms with Gasteiger partial charge in [0, 0.05) is 24.1 Å². The Hall–Kier alpha value is -3.27. The van der Waals surface area contributed by atoms with Crippen molar-refractivity contribution in [1.29, 1.82) is 0 Å². The summed E-state index contributed by atoms with van der Waals surface area (Å²) < 4.78 is 49.7. The zero-order valence-electron chi connectivity index (χ0n) is 15.4. The van der Waals surface area contributed by atoms with Crippen LogP contribution >= 0.6 is 11.6 Å². The highest BCUT2D eigenvalue weighted by atomic mass is 35.5. The number of oxazole rings is 1. The molecule has 0 aliphatic rings. The third-order valence-electron chi connectivity index (χ3n) is 4.22. The molecule has 0 aliphatic heterocycles. The molecule has 0 spiro atoms. The highest BCUT2D eigenvalue weighted by Crippen LogP contribution is 2.32. The first-order valence-electron chi connectivity index (χ1n) is 8.48. The molecule has 1 N–H and O–H groups in total. The van der Waals surface area contributed by atoms with E-state index < -0.39 is 29.4 Å². The second-order valence-electron chi connectivity index (χ2n) is 6.18. The summed E-state index contributed by atoms with van der Waals surface area (Å²) in [6.07, 6.45) is -4.94. The SMILES string of the molecule is COC(=O)c1ccc(C(F)(F)F)cc1NC(=O)CCn1c(=O)oc2cc(Cl)ccc21. The number of benzene rings is 2. The lowest BCUT2D eigenvalue weighted by Gasteiger charge is -2.13. The summed E-state index contributed by atoms with van der Waals surface area (Å²) in [5, 5.41) is 2.63.